The van der Waals surface area contributed by atoms with E-state index in [1.54, 1.807) is 12.1 Å². The molecule has 1 N–H and O–H groups in total. The summed E-state index contributed by atoms with van der Waals surface area (Å²) in [7, 11) is -0.456. The van der Waals surface area contributed by atoms with E-state index in [4.69, 9.17) is 4.74 Å². The van der Waals surface area contributed by atoms with Crippen LogP contribution in [0.1, 0.15) is 24.0 Å². The van der Waals surface area contributed by atoms with Crippen LogP contribution in [0.15, 0.2) is 53.4 Å². The van der Waals surface area contributed by atoms with E-state index in [0.29, 0.717) is 18.9 Å². The molecule has 32 heavy (non-hydrogen) atoms. The first-order valence-corrected chi connectivity index (χ1v) is 12.4. The Morgan fingerprint density at radius 2 is 1.81 bits per heavy atom. The number of carbonyl (C=O) groups is 1. The molecular formula is C24H33N3O4S. The number of nitrogens with zero attached hydrogens (tertiary/aromatic N) is 2. The van der Waals surface area contributed by atoms with Crippen LogP contribution in [-0.2, 0) is 21.4 Å². The summed E-state index contributed by atoms with van der Waals surface area (Å²) in [5.41, 5.74) is 2.59. The molecule has 0 bridgehead atoms. The fourth-order valence-electron chi connectivity index (χ4n) is 3.83. The normalized spacial score (nSPS) is 15.6. The summed E-state index contributed by atoms with van der Waals surface area (Å²) < 4.78 is 31.0. The van der Waals surface area contributed by atoms with Gasteiger partial charge in [-0.1, -0.05) is 29.8 Å². The third-order valence-electron chi connectivity index (χ3n) is 5.72. The molecule has 0 radical (unpaired) electrons. The van der Waals surface area contributed by atoms with E-state index in [1.165, 1.54) is 41.7 Å². The quantitative estimate of drug-likeness (QED) is 0.584. The van der Waals surface area contributed by atoms with Gasteiger partial charge in [-0.05, 0) is 62.7 Å². The van der Waals surface area contributed by atoms with E-state index >= 15 is 0 Å². The number of nitrogens with one attached hydrogen (secondary N) is 1. The number of piperidine rings is 1. The maximum absolute atomic E-state index is 12.5. The summed E-state index contributed by atoms with van der Waals surface area (Å²) in [6.07, 6.45) is 1.72. The highest BCUT2D eigenvalue weighted by atomic mass is 32.2. The van der Waals surface area contributed by atoms with Gasteiger partial charge in [0.15, 0.2) is 0 Å². The summed E-state index contributed by atoms with van der Waals surface area (Å²) >= 11 is 0. The molecule has 3 rings (SSSR count). The van der Waals surface area contributed by atoms with Crippen molar-refractivity contribution in [2.45, 2.75) is 31.2 Å². The van der Waals surface area contributed by atoms with Crippen molar-refractivity contribution in [3.05, 3.63) is 59.7 Å². The molecule has 2 aromatic rings. The minimum Gasteiger partial charge on any atom is -0.492 e. The van der Waals surface area contributed by atoms with Gasteiger partial charge in [0.25, 0.3) is 0 Å². The second-order valence-corrected chi connectivity index (χ2v) is 10.6. The predicted octanol–water partition coefficient (Wildman–Crippen LogP) is 2.65. The van der Waals surface area contributed by atoms with Crippen molar-refractivity contribution in [2.75, 3.05) is 40.3 Å². The van der Waals surface area contributed by atoms with Crippen LogP contribution < -0.4 is 10.1 Å². The van der Waals surface area contributed by atoms with Crippen molar-refractivity contribution >= 4 is 15.9 Å². The lowest BCUT2D eigenvalue weighted by Crippen LogP contribution is -2.41. The van der Waals surface area contributed by atoms with Crippen LogP contribution in [0.2, 0.25) is 0 Å². The number of carbonyl (C=O) groups excluding carboxylic acids is 1. The number of hydrogen-bond acceptors (Lipinski definition) is 5. The molecule has 0 saturated carbocycles. The molecule has 0 unspecified atom stereocenters. The van der Waals surface area contributed by atoms with Gasteiger partial charge in [0.2, 0.25) is 15.9 Å². The average Bonchev–Trinajstić information content (AvgIpc) is 2.77. The minimum absolute atomic E-state index is 0.0410. The van der Waals surface area contributed by atoms with Crippen LogP contribution in [-0.4, -0.2) is 63.9 Å². The number of rotatable bonds is 9. The van der Waals surface area contributed by atoms with E-state index in [2.05, 4.69) is 41.4 Å². The van der Waals surface area contributed by atoms with Crippen LogP contribution >= 0.6 is 0 Å². The minimum atomic E-state index is -3.45. The molecular weight excluding hydrogens is 426 g/mol. The monoisotopic (exact) mass is 459 g/mol. The SMILES string of the molecule is Cc1cccc(CN2CCC(C(=O)NCCOc3ccc(S(=O)(=O)N(C)C)cc3)CC2)c1. The molecule has 0 spiro atoms. The molecule has 0 aliphatic carbocycles. The van der Waals surface area contributed by atoms with Crippen LogP contribution in [0.25, 0.3) is 0 Å². The lowest BCUT2D eigenvalue weighted by molar-refractivity contribution is -0.126. The first-order valence-electron chi connectivity index (χ1n) is 11.0. The number of likely N-dealkylation sites (tertiary alicyclic amines) is 1. The molecule has 1 saturated heterocycles. The predicted molar refractivity (Wildman–Crippen MR) is 125 cm³/mol. The van der Waals surface area contributed by atoms with Gasteiger partial charge < -0.3 is 10.1 Å². The van der Waals surface area contributed by atoms with Crippen molar-refractivity contribution in [3.8, 4) is 5.75 Å². The first kappa shape index (κ1) is 24.2. The fraction of sp³-hybridized carbons (Fsp3) is 0.458. The second kappa shape index (κ2) is 10.9. The van der Waals surface area contributed by atoms with Crippen molar-refractivity contribution in [1.82, 2.24) is 14.5 Å². The van der Waals surface area contributed by atoms with Crippen LogP contribution in [0, 0.1) is 12.8 Å². The third-order valence-corrected chi connectivity index (χ3v) is 7.55. The highest BCUT2D eigenvalue weighted by Crippen LogP contribution is 2.20. The lowest BCUT2D eigenvalue weighted by Gasteiger charge is -2.31. The molecule has 2 aromatic carbocycles. The lowest BCUT2D eigenvalue weighted by atomic mass is 9.95. The molecule has 1 aliphatic heterocycles. The Labute approximate surface area is 191 Å². The van der Waals surface area contributed by atoms with Crippen molar-refractivity contribution < 1.29 is 17.9 Å². The Balaban J connectivity index is 1.36. The molecule has 174 valence electrons. The van der Waals surface area contributed by atoms with Crippen molar-refractivity contribution in [3.63, 3.8) is 0 Å². The molecule has 0 aromatic heterocycles. The van der Waals surface area contributed by atoms with Gasteiger partial charge >= 0.3 is 0 Å². The molecule has 1 fully saturated rings. The average molecular weight is 460 g/mol. The highest BCUT2D eigenvalue weighted by molar-refractivity contribution is 7.89. The molecule has 0 atom stereocenters. The van der Waals surface area contributed by atoms with Crippen molar-refractivity contribution in [1.29, 1.82) is 0 Å². The second-order valence-electron chi connectivity index (χ2n) is 8.44. The van der Waals surface area contributed by atoms with E-state index in [9.17, 15) is 13.2 Å². The zero-order valence-corrected chi connectivity index (χ0v) is 19.9. The van der Waals surface area contributed by atoms with Gasteiger partial charge in [0.1, 0.15) is 12.4 Å². The Bertz CT molecular complexity index is 998. The molecule has 7 nitrogen and oxygen atoms in total. The largest absolute Gasteiger partial charge is 0.492 e. The number of ether oxygens (including phenoxy) is 1. The van der Waals surface area contributed by atoms with E-state index < -0.39 is 10.0 Å². The van der Waals surface area contributed by atoms with Gasteiger partial charge in [0.05, 0.1) is 11.4 Å². The number of sulfonamides is 1. The van der Waals surface area contributed by atoms with Gasteiger partial charge in [-0.3, -0.25) is 9.69 Å². The van der Waals surface area contributed by atoms with Crippen molar-refractivity contribution in [2.24, 2.45) is 5.92 Å². The van der Waals surface area contributed by atoms with E-state index in [1.807, 2.05) is 0 Å². The topological polar surface area (TPSA) is 79.0 Å². The van der Waals surface area contributed by atoms with Crippen LogP contribution in [0.5, 0.6) is 5.75 Å². The van der Waals surface area contributed by atoms with Crippen LogP contribution in [0.4, 0.5) is 0 Å². The summed E-state index contributed by atoms with van der Waals surface area (Å²) in [5.74, 6) is 0.692. The number of benzene rings is 2. The summed E-state index contributed by atoms with van der Waals surface area (Å²) in [4.78, 5) is 15.1. The van der Waals surface area contributed by atoms with E-state index in [-0.39, 0.29) is 16.7 Å². The highest BCUT2D eigenvalue weighted by Gasteiger charge is 2.24. The number of aryl methyl sites for hydroxylation is 1. The summed E-state index contributed by atoms with van der Waals surface area (Å²) in [5, 5.41) is 2.96. The molecule has 1 amide bonds. The summed E-state index contributed by atoms with van der Waals surface area (Å²) in [6, 6.07) is 14.9. The maximum atomic E-state index is 12.5. The Hall–Kier alpha value is -2.42. The Morgan fingerprint density at radius 1 is 1.12 bits per heavy atom. The fourth-order valence-corrected chi connectivity index (χ4v) is 4.73. The van der Waals surface area contributed by atoms with Crippen LogP contribution in [0.3, 0.4) is 0 Å². The van der Waals surface area contributed by atoms with E-state index in [0.717, 1.165) is 32.5 Å². The van der Waals surface area contributed by atoms with Gasteiger partial charge in [-0.15, -0.1) is 0 Å². The zero-order chi connectivity index (χ0) is 23.1. The summed E-state index contributed by atoms with van der Waals surface area (Å²) in [6.45, 7) is 5.63. The number of hydrogen-bond donors (Lipinski definition) is 1. The van der Waals surface area contributed by atoms with Gasteiger partial charge in [-0.25, -0.2) is 12.7 Å². The maximum Gasteiger partial charge on any atom is 0.242 e. The number of amides is 1. The van der Waals surface area contributed by atoms with Gasteiger partial charge in [0, 0.05) is 26.6 Å². The Morgan fingerprint density at radius 3 is 2.44 bits per heavy atom. The smallest absolute Gasteiger partial charge is 0.242 e. The van der Waals surface area contributed by atoms with Gasteiger partial charge in [-0.2, -0.15) is 0 Å². The Kier molecular flexibility index (Phi) is 8.28. The standard InChI is InChI=1S/C24H33N3O4S/c1-19-5-4-6-20(17-19)18-27-14-11-21(12-15-27)24(28)25-13-16-31-22-7-9-23(10-8-22)32(29,30)26(2)3/h4-10,17,21H,11-16,18H2,1-3H3,(H,25,28). The zero-order valence-electron chi connectivity index (χ0n) is 19.1. The third kappa shape index (κ3) is 6.54. The molecule has 1 heterocycles. The first-order chi connectivity index (χ1) is 15.3. The molecule has 1 aliphatic rings. The molecule has 8 heteroatoms.